The molecule has 0 saturated carbocycles. The Labute approximate surface area is 121 Å². The zero-order valence-corrected chi connectivity index (χ0v) is 12.4. The zero-order valence-electron chi connectivity index (χ0n) is 11.6. The van der Waals surface area contributed by atoms with Gasteiger partial charge < -0.3 is 15.8 Å². The van der Waals surface area contributed by atoms with E-state index in [0.717, 1.165) is 16.6 Å². The predicted molar refractivity (Wildman–Crippen MR) is 81.0 cm³/mol. The maximum atomic E-state index is 8.86. The molecule has 7 heteroatoms. The molecule has 3 N–H and O–H groups in total. The Hall–Kier alpha value is -2.15. The second-order valence-electron chi connectivity index (χ2n) is 4.65. The highest BCUT2D eigenvalue weighted by molar-refractivity contribution is 7.09. The molecule has 0 saturated heterocycles. The molecule has 1 heterocycles. The summed E-state index contributed by atoms with van der Waals surface area (Å²) in [5, 5.41) is 12.7. The van der Waals surface area contributed by atoms with Gasteiger partial charge >= 0.3 is 0 Å². The number of rotatable bonds is 4. The number of benzene rings is 1. The average molecular weight is 291 g/mol. The van der Waals surface area contributed by atoms with E-state index in [4.69, 9.17) is 10.9 Å². The summed E-state index contributed by atoms with van der Waals surface area (Å²) >= 11 is 1.33. The standard InChI is InChI=1S/C13H17N5OS/c1-8(2)12-15-13(20-17-12)18(3)10-7-5-4-6-9(10)11(14)16-19/h4-8,19H,1-3H3,(H2,14,16). The van der Waals surface area contributed by atoms with Gasteiger partial charge in [0.1, 0.15) is 5.82 Å². The van der Waals surface area contributed by atoms with Crippen molar-refractivity contribution in [1.29, 1.82) is 0 Å². The van der Waals surface area contributed by atoms with Crippen LogP contribution in [0, 0.1) is 0 Å². The highest BCUT2D eigenvalue weighted by Crippen LogP contribution is 2.29. The summed E-state index contributed by atoms with van der Waals surface area (Å²) in [5.41, 5.74) is 7.17. The summed E-state index contributed by atoms with van der Waals surface area (Å²) in [6.45, 7) is 4.10. The fourth-order valence-electron chi connectivity index (χ4n) is 1.74. The molecular weight excluding hydrogens is 274 g/mol. The number of hydrogen-bond donors (Lipinski definition) is 2. The first-order chi connectivity index (χ1) is 9.54. The lowest BCUT2D eigenvalue weighted by atomic mass is 10.1. The Bertz CT molecular complexity index is 623. The minimum absolute atomic E-state index is 0.0704. The maximum absolute atomic E-state index is 8.86. The van der Waals surface area contributed by atoms with Crippen molar-refractivity contribution in [2.75, 3.05) is 11.9 Å². The largest absolute Gasteiger partial charge is 0.409 e. The molecule has 1 aromatic heterocycles. The molecule has 0 aliphatic carbocycles. The minimum atomic E-state index is 0.0704. The average Bonchev–Trinajstić information content (AvgIpc) is 2.95. The van der Waals surface area contributed by atoms with Gasteiger partial charge in [-0.25, -0.2) is 4.98 Å². The maximum Gasteiger partial charge on any atom is 0.209 e. The van der Waals surface area contributed by atoms with Crippen LogP contribution in [0.2, 0.25) is 0 Å². The van der Waals surface area contributed by atoms with Crippen molar-refractivity contribution in [3.63, 3.8) is 0 Å². The van der Waals surface area contributed by atoms with Crippen LogP contribution in [-0.2, 0) is 0 Å². The van der Waals surface area contributed by atoms with E-state index in [9.17, 15) is 0 Å². The molecule has 0 atom stereocenters. The van der Waals surface area contributed by atoms with E-state index in [-0.39, 0.29) is 11.8 Å². The lowest BCUT2D eigenvalue weighted by molar-refractivity contribution is 0.318. The Morgan fingerprint density at radius 2 is 2.10 bits per heavy atom. The van der Waals surface area contributed by atoms with Crippen molar-refractivity contribution in [3.05, 3.63) is 35.7 Å². The second-order valence-corrected chi connectivity index (χ2v) is 5.38. The smallest absolute Gasteiger partial charge is 0.209 e. The van der Waals surface area contributed by atoms with Gasteiger partial charge in [-0.1, -0.05) is 31.1 Å². The van der Waals surface area contributed by atoms with Gasteiger partial charge in [0.15, 0.2) is 5.84 Å². The van der Waals surface area contributed by atoms with Gasteiger partial charge in [0.2, 0.25) is 5.13 Å². The molecule has 0 amide bonds. The molecule has 2 aromatic rings. The first-order valence-electron chi connectivity index (χ1n) is 6.18. The van der Waals surface area contributed by atoms with E-state index in [1.165, 1.54) is 11.5 Å². The molecule has 20 heavy (non-hydrogen) atoms. The molecule has 2 rings (SSSR count). The topological polar surface area (TPSA) is 87.6 Å². The molecule has 6 nitrogen and oxygen atoms in total. The minimum Gasteiger partial charge on any atom is -0.409 e. The van der Waals surface area contributed by atoms with E-state index >= 15 is 0 Å². The van der Waals surface area contributed by atoms with Crippen molar-refractivity contribution in [2.45, 2.75) is 19.8 Å². The number of para-hydroxylation sites is 1. The molecule has 0 fully saturated rings. The van der Waals surface area contributed by atoms with Crippen LogP contribution in [0.15, 0.2) is 29.4 Å². The fourth-order valence-corrected chi connectivity index (χ4v) is 2.52. The predicted octanol–water partition coefficient (Wildman–Crippen LogP) is 2.52. The Balaban J connectivity index is 2.40. The van der Waals surface area contributed by atoms with Gasteiger partial charge in [0, 0.05) is 30.1 Å². The summed E-state index contributed by atoms with van der Waals surface area (Å²) in [4.78, 5) is 6.39. The van der Waals surface area contributed by atoms with Crippen molar-refractivity contribution in [3.8, 4) is 0 Å². The van der Waals surface area contributed by atoms with E-state index in [2.05, 4.69) is 28.4 Å². The number of nitrogens with zero attached hydrogens (tertiary/aromatic N) is 4. The summed E-state index contributed by atoms with van der Waals surface area (Å²) in [7, 11) is 1.88. The van der Waals surface area contributed by atoms with Crippen LogP contribution in [0.5, 0.6) is 0 Å². The molecule has 0 bridgehead atoms. The normalized spacial score (nSPS) is 11.9. The fraction of sp³-hybridized carbons (Fsp3) is 0.308. The third kappa shape index (κ3) is 2.72. The van der Waals surface area contributed by atoms with Gasteiger partial charge in [-0.05, 0) is 12.1 Å². The van der Waals surface area contributed by atoms with Crippen LogP contribution < -0.4 is 10.6 Å². The lowest BCUT2D eigenvalue weighted by Gasteiger charge is -2.18. The lowest BCUT2D eigenvalue weighted by Crippen LogP contribution is -2.19. The molecule has 0 radical (unpaired) electrons. The van der Waals surface area contributed by atoms with E-state index in [1.54, 1.807) is 6.07 Å². The monoisotopic (exact) mass is 291 g/mol. The van der Waals surface area contributed by atoms with Crippen LogP contribution in [0.4, 0.5) is 10.8 Å². The molecule has 1 aromatic carbocycles. The Morgan fingerprint density at radius 1 is 1.40 bits per heavy atom. The summed E-state index contributed by atoms with van der Waals surface area (Å²) < 4.78 is 4.33. The van der Waals surface area contributed by atoms with E-state index in [0.29, 0.717) is 5.56 Å². The van der Waals surface area contributed by atoms with Crippen LogP contribution in [0.1, 0.15) is 31.2 Å². The first-order valence-corrected chi connectivity index (χ1v) is 6.96. The first kappa shape index (κ1) is 14.3. The van der Waals surface area contributed by atoms with Crippen molar-refractivity contribution in [1.82, 2.24) is 9.36 Å². The van der Waals surface area contributed by atoms with E-state index in [1.807, 2.05) is 30.1 Å². The number of aromatic nitrogens is 2. The summed E-state index contributed by atoms with van der Waals surface area (Å²) in [6, 6.07) is 7.42. The van der Waals surface area contributed by atoms with Gasteiger partial charge in [0.05, 0.1) is 5.69 Å². The van der Waals surface area contributed by atoms with E-state index < -0.39 is 0 Å². The third-order valence-electron chi connectivity index (χ3n) is 2.88. The molecule has 0 unspecified atom stereocenters. The quantitative estimate of drug-likeness (QED) is 0.391. The number of oxime groups is 1. The van der Waals surface area contributed by atoms with Gasteiger partial charge in [-0.2, -0.15) is 4.37 Å². The molecule has 0 spiro atoms. The number of amidine groups is 1. The third-order valence-corrected chi connectivity index (χ3v) is 3.69. The van der Waals surface area contributed by atoms with Gasteiger partial charge in [0.25, 0.3) is 0 Å². The number of hydrogen-bond acceptors (Lipinski definition) is 6. The summed E-state index contributed by atoms with van der Waals surface area (Å²) in [5.74, 6) is 1.17. The van der Waals surface area contributed by atoms with Crippen LogP contribution >= 0.6 is 11.5 Å². The Morgan fingerprint density at radius 3 is 2.70 bits per heavy atom. The van der Waals surface area contributed by atoms with Crippen LogP contribution in [0.3, 0.4) is 0 Å². The van der Waals surface area contributed by atoms with Gasteiger partial charge in [-0.15, -0.1) is 0 Å². The van der Waals surface area contributed by atoms with Crippen LogP contribution in [-0.4, -0.2) is 27.4 Å². The molecule has 0 aliphatic rings. The molecular formula is C13H17N5OS. The summed E-state index contributed by atoms with van der Waals surface area (Å²) in [6.07, 6.45) is 0. The van der Waals surface area contributed by atoms with Crippen molar-refractivity contribution >= 4 is 28.2 Å². The molecule has 0 aliphatic heterocycles. The zero-order chi connectivity index (χ0) is 14.7. The number of anilines is 2. The highest BCUT2D eigenvalue weighted by atomic mass is 32.1. The van der Waals surface area contributed by atoms with Crippen molar-refractivity contribution < 1.29 is 5.21 Å². The number of nitrogens with two attached hydrogens (primary N) is 1. The Kier molecular flexibility index (Phi) is 4.19. The highest BCUT2D eigenvalue weighted by Gasteiger charge is 2.16. The van der Waals surface area contributed by atoms with Gasteiger partial charge in [-0.3, -0.25) is 0 Å². The van der Waals surface area contributed by atoms with Crippen LogP contribution in [0.25, 0.3) is 0 Å². The van der Waals surface area contributed by atoms with Crippen molar-refractivity contribution in [2.24, 2.45) is 10.9 Å². The SMILES string of the molecule is CC(C)c1nsc(N(C)c2ccccc2/C(N)=N/O)n1. The molecule has 106 valence electrons. The second kappa shape index (κ2) is 5.87.